The highest BCUT2D eigenvalue weighted by atomic mass is 16.5. The minimum Gasteiger partial charge on any atom is -0.465 e. The molecular weight excluding hydrogens is 204 g/mol. The van der Waals surface area contributed by atoms with Crippen molar-refractivity contribution in [2.75, 3.05) is 6.61 Å². The summed E-state index contributed by atoms with van der Waals surface area (Å²) in [6, 6.07) is 0. The summed E-state index contributed by atoms with van der Waals surface area (Å²) in [7, 11) is 0. The highest BCUT2D eigenvalue weighted by Gasteiger charge is 2.35. The van der Waals surface area contributed by atoms with Gasteiger partial charge in [0.2, 0.25) is 0 Å². The second kappa shape index (κ2) is 4.28. The Kier molecular flexibility index (Phi) is 0.893. The van der Waals surface area contributed by atoms with E-state index in [2.05, 4.69) is 9.72 Å². The summed E-state index contributed by atoms with van der Waals surface area (Å²) in [5, 5.41) is 0. The first kappa shape index (κ1) is 3.34. The predicted molar refractivity (Wildman–Crippen MR) is 59.9 cm³/mol. The minimum absolute atomic E-state index is 0.322. The van der Waals surface area contributed by atoms with Gasteiger partial charge in [0.25, 0.3) is 0 Å². The normalized spacial score (nSPS) is 49.3. The third-order valence-corrected chi connectivity index (χ3v) is 2.12. The van der Waals surface area contributed by atoms with E-state index in [-0.39, 0.29) is 5.82 Å². The van der Waals surface area contributed by atoms with Gasteiger partial charge in [0, 0.05) is 41.2 Å². The largest absolute Gasteiger partial charge is 0.465 e. The number of hydrogen-bond donors (Lipinski definition) is 0. The molecule has 0 unspecified atom stereocenters. The quantitative estimate of drug-likeness (QED) is 0.745. The molecule has 0 bridgehead atoms. The Bertz CT molecular complexity index is 842. The molecule has 2 rings (SSSR count). The van der Waals surface area contributed by atoms with Crippen LogP contribution in [0.25, 0.3) is 0 Å². The fourth-order valence-corrected chi connectivity index (χ4v) is 1.25. The maximum Gasteiger partial charge on any atom is 0.309 e. The number of rotatable bonds is 3. The number of esters is 1. The van der Waals surface area contributed by atoms with Gasteiger partial charge in [-0.05, 0) is 19.7 Å². The minimum atomic E-state index is -3.75. The molecule has 0 amide bonds. The van der Waals surface area contributed by atoms with Crippen LogP contribution in [-0.4, -0.2) is 22.1 Å². The van der Waals surface area contributed by atoms with E-state index >= 15 is 0 Å². The van der Waals surface area contributed by atoms with E-state index < -0.39 is 62.8 Å². The first-order valence-corrected chi connectivity index (χ1v) is 4.42. The van der Waals surface area contributed by atoms with Crippen molar-refractivity contribution >= 4 is 5.97 Å². The zero-order valence-corrected chi connectivity index (χ0v) is 8.42. The number of hydrogen-bond acceptors (Lipinski definition) is 3. The van der Waals surface area contributed by atoms with Crippen molar-refractivity contribution in [1.29, 1.82) is 0 Å². The van der Waals surface area contributed by atoms with Gasteiger partial charge in [-0.15, -0.1) is 0 Å². The lowest BCUT2D eigenvalue weighted by Gasteiger charge is -2.13. The van der Waals surface area contributed by atoms with Crippen LogP contribution in [0.5, 0.6) is 0 Å². The maximum absolute atomic E-state index is 12.3. The number of imidazole rings is 1. The van der Waals surface area contributed by atoms with Gasteiger partial charge in [-0.2, -0.15) is 0 Å². The molecule has 1 aromatic rings. The van der Waals surface area contributed by atoms with Gasteiger partial charge < -0.3 is 9.30 Å². The molecule has 4 nitrogen and oxygen atoms in total. The number of aromatic nitrogens is 2. The Labute approximate surface area is 114 Å². The third kappa shape index (κ3) is 1.84. The van der Waals surface area contributed by atoms with Crippen LogP contribution < -0.4 is 0 Å². The van der Waals surface area contributed by atoms with Crippen LogP contribution in [-0.2, 0) is 22.9 Å². The van der Waals surface area contributed by atoms with Crippen molar-refractivity contribution in [3.05, 3.63) is 17.7 Å². The molecule has 2 atom stereocenters. The van der Waals surface area contributed by atoms with Crippen LogP contribution >= 0.6 is 0 Å². The molecule has 4 heteroatoms. The molecule has 0 spiro atoms. The SMILES string of the molecule is [2H]c1nc(C)n(C([2H])([2H])[2H])c1C([2H])([2H])[C@@]1([2H])COC(=O)[C@@]1([2H])C([2H])([2H])C([2H])([2H])[2H]. The topological polar surface area (TPSA) is 44.1 Å². The van der Waals surface area contributed by atoms with Gasteiger partial charge in [-0.1, -0.05) is 6.85 Å². The summed E-state index contributed by atoms with van der Waals surface area (Å²) < 4.78 is 107. The van der Waals surface area contributed by atoms with Crippen LogP contribution in [0.4, 0.5) is 0 Å². The van der Waals surface area contributed by atoms with Gasteiger partial charge in [0.05, 0.1) is 13.9 Å². The number of ether oxygens (including phenoxy) is 1. The van der Waals surface area contributed by atoms with Crippen molar-refractivity contribution < 1.29 is 27.4 Å². The van der Waals surface area contributed by atoms with Gasteiger partial charge in [0.15, 0.2) is 0 Å². The molecule has 1 aliphatic heterocycles. The van der Waals surface area contributed by atoms with Gasteiger partial charge in [-0.3, -0.25) is 4.79 Å². The number of carbonyl (C=O) groups excluding carboxylic acids is 1. The number of nitrogens with zero attached hydrogens (tertiary/aromatic N) is 2. The molecule has 88 valence electrons. The molecule has 2 heterocycles. The first-order valence-electron chi connectivity index (χ1n) is 10.9. The fraction of sp³-hybridized carbons (Fsp3) is 0.667. The van der Waals surface area contributed by atoms with E-state index in [1.54, 1.807) is 0 Å². The van der Waals surface area contributed by atoms with Crippen LogP contribution in [0.2, 0.25) is 0 Å². The zero-order chi connectivity index (χ0) is 23.0. The second-order valence-electron chi connectivity index (χ2n) is 3.13. The molecule has 1 saturated heterocycles. The fourth-order valence-electron chi connectivity index (χ4n) is 1.25. The number of cyclic esters (lactones) is 1. The standard InChI is InChI=1S/C12H18N2O2/c1-4-11-9(7-16-12(11)15)5-10-6-13-8(2)14(10)3/h6,9,11H,4-5,7H2,1-3H3/t9-,11-/m0/s1/i1D3,3D3,4D2,5D2,6D,9D,11D. The Hall–Kier alpha value is -1.32. The van der Waals surface area contributed by atoms with Crippen molar-refractivity contribution in [3.63, 3.8) is 0 Å². The van der Waals surface area contributed by atoms with Crippen LogP contribution in [0, 0.1) is 18.7 Å². The average molecular weight is 235 g/mol. The Morgan fingerprint density at radius 1 is 1.94 bits per heavy atom. The van der Waals surface area contributed by atoms with Gasteiger partial charge in [0.1, 0.15) is 5.82 Å². The van der Waals surface area contributed by atoms with Crippen molar-refractivity contribution in [2.24, 2.45) is 18.8 Å². The lowest BCUT2D eigenvalue weighted by Crippen LogP contribution is -2.18. The summed E-state index contributed by atoms with van der Waals surface area (Å²) >= 11 is 0. The molecule has 0 saturated carbocycles. The lowest BCUT2D eigenvalue weighted by molar-refractivity contribution is -0.141. The lowest BCUT2D eigenvalue weighted by atomic mass is 9.89. The van der Waals surface area contributed by atoms with Crippen LogP contribution in [0.1, 0.15) is 42.6 Å². The zero-order valence-electron chi connectivity index (χ0n) is 21.4. The molecule has 1 aliphatic rings. The summed E-state index contributed by atoms with van der Waals surface area (Å²) in [6.45, 7) is -6.76. The Balaban J connectivity index is 2.87. The summed E-state index contributed by atoms with van der Waals surface area (Å²) in [6.07, 6.45) is -8.05. The molecular formula is C12H18N2O2. The molecule has 1 fully saturated rings. The van der Waals surface area contributed by atoms with Crippen LogP contribution in [0.3, 0.4) is 0 Å². The van der Waals surface area contributed by atoms with E-state index in [0.717, 1.165) is 6.92 Å². The van der Waals surface area contributed by atoms with Crippen LogP contribution in [0.15, 0.2) is 6.17 Å². The predicted octanol–water partition coefficient (Wildman–Crippen LogP) is 1.47. The smallest absolute Gasteiger partial charge is 0.309 e. The molecule has 16 heavy (non-hydrogen) atoms. The van der Waals surface area contributed by atoms with Crippen molar-refractivity contribution in [2.45, 2.75) is 26.5 Å². The molecule has 1 aromatic heterocycles. The van der Waals surface area contributed by atoms with E-state index in [4.69, 9.17) is 17.8 Å². The van der Waals surface area contributed by atoms with Gasteiger partial charge in [-0.25, -0.2) is 4.98 Å². The Morgan fingerprint density at radius 3 is 3.56 bits per heavy atom. The number of aryl methyl sites for hydroxylation is 1. The summed E-state index contributed by atoms with van der Waals surface area (Å²) in [5.41, 5.74) is -1.01. The molecule has 0 radical (unpaired) electrons. The molecule has 0 N–H and O–H groups in total. The number of carbonyl (C=O) groups is 1. The third-order valence-electron chi connectivity index (χ3n) is 2.12. The van der Waals surface area contributed by atoms with E-state index in [1.165, 1.54) is 0 Å². The van der Waals surface area contributed by atoms with E-state index in [9.17, 15) is 4.79 Å². The summed E-state index contributed by atoms with van der Waals surface area (Å²) in [5.74, 6) is -8.98. The second-order valence-corrected chi connectivity index (χ2v) is 3.13. The van der Waals surface area contributed by atoms with Gasteiger partial charge >= 0.3 is 5.97 Å². The van der Waals surface area contributed by atoms with E-state index in [1.807, 2.05) is 0 Å². The molecule has 0 aliphatic carbocycles. The average Bonchev–Trinajstić information content (AvgIpc) is 2.96. The first-order chi connectivity index (χ1) is 12.7. The highest BCUT2D eigenvalue weighted by Crippen LogP contribution is 2.28. The maximum atomic E-state index is 12.3. The summed E-state index contributed by atoms with van der Waals surface area (Å²) in [4.78, 5) is 15.9. The van der Waals surface area contributed by atoms with E-state index in [0.29, 0.717) is 4.57 Å². The highest BCUT2D eigenvalue weighted by molar-refractivity contribution is 5.74. The Morgan fingerprint density at radius 2 is 2.81 bits per heavy atom. The monoisotopic (exact) mass is 235 g/mol. The molecule has 0 aromatic carbocycles. The van der Waals surface area contributed by atoms with Crippen molar-refractivity contribution in [1.82, 2.24) is 9.55 Å². The van der Waals surface area contributed by atoms with Crippen molar-refractivity contribution in [3.8, 4) is 0 Å².